The second kappa shape index (κ2) is 4.47. The third-order valence-corrected chi connectivity index (χ3v) is 3.03. The van der Waals surface area contributed by atoms with Crippen molar-refractivity contribution in [2.75, 3.05) is 0 Å². The summed E-state index contributed by atoms with van der Waals surface area (Å²) in [6, 6.07) is 3.65. The molecule has 0 amide bonds. The summed E-state index contributed by atoms with van der Waals surface area (Å²) in [5.74, 6) is -1.06. The highest BCUT2D eigenvalue weighted by molar-refractivity contribution is 5.23. The number of rotatable bonds is 3. The number of aliphatic hydroxyl groups is 1. The molecule has 0 heterocycles. The van der Waals surface area contributed by atoms with Gasteiger partial charge in [-0.1, -0.05) is 6.07 Å². The van der Waals surface area contributed by atoms with Crippen LogP contribution >= 0.6 is 0 Å². The highest BCUT2D eigenvalue weighted by Crippen LogP contribution is 2.25. The van der Waals surface area contributed by atoms with Gasteiger partial charge in [-0.3, -0.25) is 0 Å². The van der Waals surface area contributed by atoms with Gasteiger partial charge in [0.2, 0.25) is 0 Å². The Labute approximate surface area is 93.3 Å². The Balaban J connectivity index is 2.05. The van der Waals surface area contributed by atoms with Crippen LogP contribution in [-0.2, 0) is 0 Å². The molecule has 0 radical (unpaired) electrons. The maximum absolute atomic E-state index is 13.4. The van der Waals surface area contributed by atoms with Gasteiger partial charge in [0.15, 0.2) is 0 Å². The van der Waals surface area contributed by atoms with Crippen molar-refractivity contribution in [3.63, 3.8) is 0 Å². The fourth-order valence-corrected chi connectivity index (χ4v) is 2.09. The number of hydrogen-bond acceptors (Lipinski definition) is 2. The van der Waals surface area contributed by atoms with E-state index in [2.05, 4.69) is 5.32 Å². The molecule has 2 rings (SSSR count). The molecule has 2 N–H and O–H groups in total. The molecule has 0 spiro atoms. The average molecular weight is 227 g/mol. The van der Waals surface area contributed by atoms with Crippen molar-refractivity contribution in [2.45, 2.75) is 38.0 Å². The molecule has 2 nitrogen and oxygen atoms in total. The zero-order valence-electron chi connectivity index (χ0n) is 9.08. The maximum atomic E-state index is 13.4. The van der Waals surface area contributed by atoms with E-state index < -0.39 is 11.6 Å². The van der Waals surface area contributed by atoms with E-state index in [0.29, 0.717) is 12.8 Å². The lowest BCUT2D eigenvalue weighted by Crippen LogP contribution is -2.45. The lowest BCUT2D eigenvalue weighted by Gasteiger charge is -2.34. The monoisotopic (exact) mass is 227 g/mol. The topological polar surface area (TPSA) is 32.3 Å². The molecule has 1 atom stereocenters. The predicted molar refractivity (Wildman–Crippen MR) is 56.9 cm³/mol. The van der Waals surface area contributed by atoms with E-state index in [9.17, 15) is 8.78 Å². The minimum atomic E-state index is -0.528. The molecule has 1 aliphatic carbocycles. The van der Waals surface area contributed by atoms with Crippen LogP contribution in [0.15, 0.2) is 18.2 Å². The van der Waals surface area contributed by atoms with E-state index in [1.807, 2.05) is 0 Å². The van der Waals surface area contributed by atoms with Crippen molar-refractivity contribution in [1.29, 1.82) is 0 Å². The molecule has 1 fully saturated rings. The fraction of sp³-hybridized carbons (Fsp3) is 0.500. The molecule has 1 unspecified atom stereocenters. The average Bonchev–Trinajstić information content (AvgIpc) is 2.15. The standard InChI is InChI=1S/C12H15F2NO/c1-7(15-8-5-9(16)6-8)12-10(13)3-2-4-11(12)14/h2-4,7-9,15-16H,5-6H2,1H3. The van der Waals surface area contributed by atoms with E-state index in [1.54, 1.807) is 6.92 Å². The second-order valence-corrected chi connectivity index (χ2v) is 4.35. The lowest BCUT2D eigenvalue weighted by atomic mass is 9.88. The van der Waals surface area contributed by atoms with Crippen LogP contribution in [0.5, 0.6) is 0 Å². The van der Waals surface area contributed by atoms with Crippen molar-refractivity contribution in [1.82, 2.24) is 5.32 Å². The largest absolute Gasteiger partial charge is 0.393 e. The predicted octanol–water partition coefficient (Wildman–Crippen LogP) is 2.14. The Morgan fingerprint density at radius 1 is 1.31 bits per heavy atom. The molecule has 1 aromatic carbocycles. The first-order chi connectivity index (χ1) is 7.58. The lowest BCUT2D eigenvalue weighted by molar-refractivity contribution is 0.0582. The molecule has 0 saturated heterocycles. The zero-order valence-corrected chi connectivity index (χ0v) is 9.08. The third-order valence-electron chi connectivity index (χ3n) is 3.03. The van der Waals surface area contributed by atoms with Gasteiger partial charge in [-0.2, -0.15) is 0 Å². The highest BCUT2D eigenvalue weighted by atomic mass is 19.1. The van der Waals surface area contributed by atoms with Crippen LogP contribution in [0.2, 0.25) is 0 Å². The summed E-state index contributed by atoms with van der Waals surface area (Å²) in [5.41, 5.74) is 0.0730. The molecule has 0 aliphatic heterocycles. The quantitative estimate of drug-likeness (QED) is 0.829. The number of benzene rings is 1. The molecule has 16 heavy (non-hydrogen) atoms. The molecular formula is C12H15F2NO. The SMILES string of the molecule is CC(NC1CC(O)C1)c1c(F)cccc1F. The number of nitrogens with one attached hydrogen (secondary N) is 1. The van der Waals surface area contributed by atoms with Gasteiger partial charge in [0.05, 0.1) is 6.10 Å². The van der Waals surface area contributed by atoms with Crippen LogP contribution in [0.25, 0.3) is 0 Å². The molecule has 1 aliphatic rings. The van der Waals surface area contributed by atoms with Crippen LogP contribution in [0.4, 0.5) is 8.78 Å². The van der Waals surface area contributed by atoms with Crippen LogP contribution in [0.3, 0.4) is 0 Å². The maximum Gasteiger partial charge on any atom is 0.130 e. The van der Waals surface area contributed by atoms with Gasteiger partial charge in [-0.25, -0.2) is 8.78 Å². The fourth-order valence-electron chi connectivity index (χ4n) is 2.09. The van der Waals surface area contributed by atoms with E-state index in [-0.39, 0.29) is 23.8 Å². The van der Waals surface area contributed by atoms with Crippen LogP contribution in [-0.4, -0.2) is 17.3 Å². The minimum Gasteiger partial charge on any atom is -0.393 e. The Morgan fingerprint density at radius 3 is 2.38 bits per heavy atom. The van der Waals surface area contributed by atoms with Crippen LogP contribution < -0.4 is 5.32 Å². The van der Waals surface area contributed by atoms with Gasteiger partial charge >= 0.3 is 0 Å². The Hall–Kier alpha value is -1.00. The molecule has 1 aromatic rings. The van der Waals surface area contributed by atoms with E-state index in [1.165, 1.54) is 18.2 Å². The summed E-state index contributed by atoms with van der Waals surface area (Å²) >= 11 is 0. The van der Waals surface area contributed by atoms with Crippen molar-refractivity contribution in [3.8, 4) is 0 Å². The van der Waals surface area contributed by atoms with Gasteiger partial charge in [0, 0.05) is 17.6 Å². The molecule has 1 saturated carbocycles. The summed E-state index contributed by atoms with van der Waals surface area (Å²) in [6.45, 7) is 1.73. The van der Waals surface area contributed by atoms with Crippen molar-refractivity contribution in [3.05, 3.63) is 35.4 Å². The van der Waals surface area contributed by atoms with Gasteiger partial charge in [0.1, 0.15) is 11.6 Å². The molecule has 0 aromatic heterocycles. The minimum absolute atomic E-state index is 0.0730. The normalized spacial score (nSPS) is 26.2. The van der Waals surface area contributed by atoms with Crippen molar-refractivity contribution < 1.29 is 13.9 Å². The number of aliphatic hydroxyl groups excluding tert-OH is 1. The summed E-state index contributed by atoms with van der Waals surface area (Å²) in [7, 11) is 0. The molecule has 88 valence electrons. The molecular weight excluding hydrogens is 212 g/mol. The van der Waals surface area contributed by atoms with Crippen molar-refractivity contribution in [2.24, 2.45) is 0 Å². The first-order valence-electron chi connectivity index (χ1n) is 5.46. The van der Waals surface area contributed by atoms with Gasteiger partial charge < -0.3 is 10.4 Å². The molecule has 4 heteroatoms. The van der Waals surface area contributed by atoms with E-state index in [0.717, 1.165) is 0 Å². The number of halogens is 2. The Morgan fingerprint density at radius 2 is 1.88 bits per heavy atom. The number of hydrogen-bond donors (Lipinski definition) is 2. The first kappa shape index (κ1) is 11.5. The summed E-state index contributed by atoms with van der Waals surface area (Å²) in [5, 5.41) is 12.2. The van der Waals surface area contributed by atoms with Gasteiger partial charge in [-0.05, 0) is 31.9 Å². The summed E-state index contributed by atoms with van der Waals surface area (Å²) < 4.78 is 26.8. The smallest absolute Gasteiger partial charge is 0.130 e. The molecule has 0 bridgehead atoms. The van der Waals surface area contributed by atoms with Gasteiger partial charge in [0.25, 0.3) is 0 Å². The van der Waals surface area contributed by atoms with Crippen molar-refractivity contribution >= 4 is 0 Å². The second-order valence-electron chi connectivity index (χ2n) is 4.35. The summed E-state index contributed by atoms with van der Waals surface area (Å²) in [6.07, 6.45) is 1.04. The van der Waals surface area contributed by atoms with Crippen LogP contribution in [0.1, 0.15) is 31.4 Å². The van der Waals surface area contributed by atoms with E-state index >= 15 is 0 Å². The van der Waals surface area contributed by atoms with Crippen LogP contribution in [0, 0.1) is 11.6 Å². The van der Waals surface area contributed by atoms with Gasteiger partial charge in [-0.15, -0.1) is 0 Å². The zero-order chi connectivity index (χ0) is 11.7. The Bertz CT molecular complexity index is 357. The summed E-state index contributed by atoms with van der Waals surface area (Å²) in [4.78, 5) is 0. The first-order valence-corrected chi connectivity index (χ1v) is 5.46. The van der Waals surface area contributed by atoms with E-state index in [4.69, 9.17) is 5.11 Å². The Kier molecular flexibility index (Phi) is 3.21. The highest BCUT2D eigenvalue weighted by Gasteiger charge is 2.29. The third kappa shape index (κ3) is 2.23.